The summed E-state index contributed by atoms with van der Waals surface area (Å²) in [6, 6.07) is 7.94. The number of hydrogen-bond acceptors (Lipinski definition) is 6. The van der Waals surface area contributed by atoms with Crippen molar-refractivity contribution in [1.29, 1.82) is 0 Å². The molecule has 8 nitrogen and oxygen atoms in total. The van der Waals surface area contributed by atoms with Crippen LogP contribution in [0, 0.1) is 0 Å². The zero-order valence-corrected chi connectivity index (χ0v) is 15.6. The third-order valence-electron chi connectivity index (χ3n) is 4.76. The van der Waals surface area contributed by atoms with Crippen molar-refractivity contribution in [2.75, 3.05) is 6.67 Å². The smallest absolute Gasteiger partial charge is 0.305 e. The Labute approximate surface area is 165 Å². The fourth-order valence-electron chi connectivity index (χ4n) is 3.13. The van der Waals surface area contributed by atoms with Gasteiger partial charge in [0.2, 0.25) is 0 Å². The zero-order chi connectivity index (χ0) is 21.0. The third-order valence-corrected chi connectivity index (χ3v) is 4.76. The number of fused-ring (bicyclic) bond motifs is 1. The second kappa shape index (κ2) is 8.36. The van der Waals surface area contributed by atoms with Gasteiger partial charge in [0.25, 0.3) is 5.91 Å². The maximum Gasteiger partial charge on any atom is 0.305 e. The van der Waals surface area contributed by atoms with Crippen LogP contribution in [0.3, 0.4) is 0 Å². The minimum Gasteiger partial charge on any atom is -0.481 e. The lowest BCUT2D eigenvalue weighted by atomic mass is 9.96. The fraction of sp³-hybridized carbons (Fsp3) is 0.300. The maximum atomic E-state index is 12.8. The van der Waals surface area contributed by atoms with Gasteiger partial charge in [0, 0.05) is 11.6 Å². The molecule has 2 atom stereocenters. The number of pyridine rings is 1. The van der Waals surface area contributed by atoms with E-state index in [4.69, 9.17) is 9.94 Å². The number of carboxylic acid groups (broad SMARTS) is 1. The Hall–Kier alpha value is -3.33. The molecule has 1 amide bonds. The minimum absolute atomic E-state index is 0.184. The second-order valence-corrected chi connectivity index (χ2v) is 6.61. The molecule has 1 aliphatic rings. The number of rotatable bonds is 8. The van der Waals surface area contributed by atoms with Gasteiger partial charge in [-0.2, -0.15) is 0 Å². The third kappa shape index (κ3) is 4.09. The predicted molar refractivity (Wildman–Crippen MR) is 102 cm³/mol. The molecule has 0 spiro atoms. The first-order valence-corrected chi connectivity index (χ1v) is 9.02. The van der Waals surface area contributed by atoms with Crippen LogP contribution in [0.5, 0.6) is 0 Å². The Balaban J connectivity index is 1.91. The molecule has 1 aromatic carbocycles. The monoisotopic (exact) mass is 401 g/mol. The van der Waals surface area contributed by atoms with Crippen LogP contribution >= 0.6 is 0 Å². The molecule has 152 valence electrons. The summed E-state index contributed by atoms with van der Waals surface area (Å²) in [5.41, 5.74) is 2.25. The number of alkyl halides is 1. The number of carboxylic acids is 1. The van der Waals surface area contributed by atoms with Crippen molar-refractivity contribution < 1.29 is 28.7 Å². The van der Waals surface area contributed by atoms with E-state index in [9.17, 15) is 18.8 Å². The number of benzene rings is 1. The van der Waals surface area contributed by atoms with E-state index >= 15 is 0 Å². The fourth-order valence-corrected chi connectivity index (χ4v) is 3.13. The minimum atomic E-state index is -1.50. The highest BCUT2D eigenvalue weighted by molar-refractivity contribution is 5.98. The summed E-state index contributed by atoms with van der Waals surface area (Å²) in [5, 5.41) is 13.0. The molecule has 0 radical (unpaired) electrons. The van der Waals surface area contributed by atoms with Crippen LogP contribution in [0.15, 0.2) is 42.6 Å². The first-order chi connectivity index (χ1) is 13.9. The molecule has 2 aromatic rings. The van der Waals surface area contributed by atoms with Gasteiger partial charge in [-0.3, -0.25) is 29.7 Å². The summed E-state index contributed by atoms with van der Waals surface area (Å²) in [4.78, 5) is 45.4. The molecule has 0 bridgehead atoms. The van der Waals surface area contributed by atoms with E-state index in [1.54, 1.807) is 13.1 Å². The summed E-state index contributed by atoms with van der Waals surface area (Å²) in [6.07, 6.45) is 2.64. The lowest BCUT2D eigenvalue weighted by molar-refractivity contribution is -0.147. The molecule has 0 saturated carbocycles. The molecule has 29 heavy (non-hydrogen) atoms. The standard InChI is InChI=1S/C20H20FN3O5/c1-2-20(19(28)23-14(9-17(26)27)16(25)11-21)10-15(24-29-20)18-13-6-4-3-5-12(13)7-8-22-18/h3-8,10,14,24H,2,9,11H2,1H3,(H,23,28)(H,26,27). The number of nitrogens with zero attached hydrogens (tertiary/aromatic N) is 1. The Kier molecular flexibility index (Phi) is 5.88. The summed E-state index contributed by atoms with van der Waals surface area (Å²) in [6.45, 7) is 0.317. The molecular weight excluding hydrogens is 381 g/mol. The number of ketones is 1. The zero-order valence-electron chi connectivity index (χ0n) is 15.6. The van der Waals surface area contributed by atoms with Gasteiger partial charge >= 0.3 is 5.97 Å². The van der Waals surface area contributed by atoms with Crippen LogP contribution in [-0.4, -0.2) is 46.1 Å². The predicted octanol–water partition coefficient (Wildman–Crippen LogP) is 1.76. The number of amides is 1. The quantitative estimate of drug-likeness (QED) is 0.617. The van der Waals surface area contributed by atoms with E-state index < -0.39 is 42.4 Å². The summed E-state index contributed by atoms with van der Waals surface area (Å²) in [7, 11) is 0. The van der Waals surface area contributed by atoms with Crippen molar-refractivity contribution in [1.82, 2.24) is 15.8 Å². The van der Waals surface area contributed by atoms with Crippen molar-refractivity contribution in [2.45, 2.75) is 31.4 Å². The van der Waals surface area contributed by atoms with E-state index in [0.717, 1.165) is 10.8 Å². The summed E-state index contributed by atoms with van der Waals surface area (Å²) < 4.78 is 12.8. The maximum absolute atomic E-state index is 12.8. The van der Waals surface area contributed by atoms with Gasteiger partial charge in [-0.1, -0.05) is 31.2 Å². The molecule has 3 rings (SSSR count). The molecule has 0 aliphatic carbocycles. The van der Waals surface area contributed by atoms with E-state index in [1.165, 1.54) is 6.08 Å². The van der Waals surface area contributed by atoms with Gasteiger partial charge < -0.3 is 10.4 Å². The molecule has 9 heteroatoms. The van der Waals surface area contributed by atoms with Gasteiger partial charge in [0.1, 0.15) is 12.7 Å². The first kappa shape index (κ1) is 20.4. The van der Waals surface area contributed by atoms with E-state index in [1.807, 2.05) is 30.3 Å². The number of aliphatic carboxylic acids is 1. The van der Waals surface area contributed by atoms with Crippen molar-refractivity contribution in [2.24, 2.45) is 0 Å². The van der Waals surface area contributed by atoms with E-state index in [0.29, 0.717) is 11.4 Å². The lowest BCUT2D eigenvalue weighted by Crippen LogP contribution is -2.53. The van der Waals surface area contributed by atoms with Crippen molar-refractivity contribution >= 4 is 34.1 Å². The van der Waals surface area contributed by atoms with E-state index in [-0.39, 0.29) is 6.42 Å². The van der Waals surface area contributed by atoms with Gasteiger partial charge in [-0.25, -0.2) is 4.39 Å². The number of nitrogens with one attached hydrogen (secondary N) is 2. The normalized spacial score (nSPS) is 19.3. The largest absolute Gasteiger partial charge is 0.481 e. The van der Waals surface area contributed by atoms with Gasteiger partial charge in [0.15, 0.2) is 11.4 Å². The average Bonchev–Trinajstić information content (AvgIpc) is 3.17. The Morgan fingerprint density at radius 3 is 2.76 bits per heavy atom. The molecule has 3 N–H and O–H groups in total. The highest BCUT2D eigenvalue weighted by Crippen LogP contribution is 2.31. The number of hydrogen-bond donors (Lipinski definition) is 3. The lowest BCUT2D eigenvalue weighted by Gasteiger charge is -2.25. The summed E-state index contributed by atoms with van der Waals surface area (Å²) >= 11 is 0. The van der Waals surface area contributed by atoms with Crippen molar-refractivity contribution in [3.8, 4) is 0 Å². The van der Waals surface area contributed by atoms with Crippen LogP contribution in [0.4, 0.5) is 4.39 Å². The molecule has 0 saturated heterocycles. The summed E-state index contributed by atoms with van der Waals surface area (Å²) in [5.74, 6) is -3.09. The molecular formula is C20H20FN3O5. The topological polar surface area (TPSA) is 118 Å². The number of Topliss-reactive ketones (excluding diaryl/α,β-unsaturated/α-hetero) is 1. The molecule has 2 unspecified atom stereocenters. The van der Waals surface area contributed by atoms with Crippen LogP contribution in [0.1, 0.15) is 25.5 Å². The van der Waals surface area contributed by atoms with Crippen LogP contribution < -0.4 is 10.8 Å². The van der Waals surface area contributed by atoms with Crippen LogP contribution in [0.25, 0.3) is 16.5 Å². The Morgan fingerprint density at radius 1 is 1.31 bits per heavy atom. The first-order valence-electron chi connectivity index (χ1n) is 9.02. The second-order valence-electron chi connectivity index (χ2n) is 6.61. The Bertz CT molecular complexity index is 988. The highest BCUT2D eigenvalue weighted by Gasteiger charge is 2.43. The van der Waals surface area contributed by atoms with Gasteiger partial charge in [0.05, 0.1) is 17.8 Å². The number of halogens is 1. The number of hydroxylamine groups is 1. The number of aromatic nitrogens is 1. The number of carbonyl (C=O) groups is 3. The SMILES string of the molecule is CCC1(C(=O)NC(CC(=O)O)C(=O)CF)C=C(c2nccc3ccccc23)NO1. The van der Waals surface area contributed by atoms with Crippen molar-refractivity contribution in [3.05, 3.63) is 48.3 Å². The Morgan fingerprint density at radius 2 is 2.07 bits per heavy atom. The van der Waals surface area contributed by atoms with Crippen molar-refractivity contribution in [3.63, 3.8) is 0 Å². The average molecular weight is 401 g/mol. The van der Waals surface area contributed by atoms with Gasteiger partial charge in [-0.05, 0) is 23.9 Å². The van der Waals surface area contributed by atoms with Crippen LogP contribution in [-0.2, 0) is 19.2 Å². The molecule has 1 aliphatic heterocycles. The van der Waals surface area contributed by atoms with E-state index in [2.05, 4.69) is 15.8 Å². The molecule has 1 aromatic heterocycles. The number of carbonyl (C=O) groups excluding carboxylic acids is 2. The van der Waals surface area contributed by atoms with Crippen LogP contribution in [0.2, 0.25) is 0 Å². The van der Waals surface area contributed by atoms with Gasteiger partial charge in [-0.15, -0.1) is 0 Å². The highest BCUT2D eigenvalue weighted by atomic mass is 19.1. The molecule has 0 fully saturated rings. The molecule has 2 heterocycles.